The van der Waals surface area contributed by atoms with E-state index in [4.69, 9.17) is 16.3 Å². The monoisotopic (exact) mass is 356 g/mol. The summed E-state index contributed by atoms with van der Waals surface area (Å²) in [6.45, 7) is 2.13. The van der Waals surface area contributed by atoms with Crippen molar-refractivity contribution in [1.29, 1.82) is 0 Å². The Bertz CT molecular complexity index is 908. The van der Waals surface area contributed by atoms with Gasteiger partial charge >= 0.3 is 0 Å². The molecule has 0 bridgehead atoms. The summed E-state index contributed by atoms with van der Waals surface area (Å²) >= 11 is 6.01. The predicted octanol–water partition coefficient (Wildman–Crippen LogP) is 3.17. The van der Waals surface area contributed by atoms with Crippen LogP contribution in [0.25, 0.3) is 5.69 Å². The standard InChI is InChI=1S/C18H17ClN4O2/c1-12-17(21-22-23(12)15-8-5-7-14(19)10-15)18(24)20-11-13-6-3-4-9-16(13)25-2/h3-10H,11H2,1-2H3,(H,20,24). The van der Waals surface area contributed by atoms with Crippen LogP contribution in [0.2, 0.25) is 5.02 Å². The van der Waals surface area contributed by atoms with Gasteiger partial charge in [0.05, 0.1) is 18.5 Å². The summed E-state index contributed by atoms with van der Waals surface area (Å²) in [5.41, 5.74) is 2.55. The molecule has 1 amide bonds. The van der Waals surface area contributed by atoms with Gasteiger partial charge in [-0.2, -0.15) is 0 Å². The smallest absolute Gasteiger partial charge is 0.274 e. The van der Waals surface area contributed by atoms with Crippen LogP contribution >= 0.6 is 11.6 Å². The fourth-order valence-electron chi connectivity index (χ4n) is 2.50. The van der Waals surface area contributed by atoms with Crippen molar-refractivity contribution in [2.24, 2.45) is 0 Å². The number of para-hydroxylation sites is 1. The van der Waals surface area contributed by atoms with Crippen molar-refractivity contribution in [3.05, 3.63) is 70.5 Å². The molecule has 0 aliphatic carbocycles. The highest BCUT2D eigenvalue weighted by Crippen LogP contribution is 2.18. The Balaban J connectivity index is 1.77. The molecule has 0 radical (unpaired) electrons. The first kappa shape index (κ1) is 17.0. The predicted molar refractivity (Wildman–Crippen MR) is 95.3 cm³/mol. The maximum absolute atomic E-state index is 12.5. The summed E-state index contributed by atoms with van der Waals surface area (Å²) in [6, 6.07) is 14.7. The number of halogens is 1. The van der Waals surface area contributed by atoms with E-state index in [2.05, 4.69) is 15.6 Å². The molecule has 0 saturated heterocycles. The molecule has 1 N–H and O–H groups in total. The number of methoxy groups -OCH3 is 1. The van der Waals surface area contributed by atoms with E-state index in [0.717, 1.165) is 17.0 Å². The van der Waals surface area contributed by atoms with Crippen LogP contribution in [-0.4, -0.2) is 28.0 Å². The van der Waals surface area contributed by atoms with E-state index in [-0.39, 0.29) is 11.6 Å². The minimum atomic E-state index is -0.295. The summed E-state index contributed by atoms with van der Waals surface area (Å²) in [7, 11) is 1.60. The molecule has 0 aliphatic heterocycles. The zero-order valence-corrected chi connectivity index (χ0v) is 14.6. The molecule has 1 heterocycles. The van der Waals surface area contributed by atoms with E-state index >= 15 is 0 Å². The highest BCUT2D eigenvalue weighted by atomic mass is 35.5. The molecular formula is C18H17ClN4O2. The normalized spacial score (nSPS) is 10.5. The molecule has 0 fully saturated rings. The third-order valence-electron chi connectivity index (χ3n) is 3.79. The number of hydrogen-bond donors (Lipinski definition) is 1. The topological polar surface area (TPSA) is 69.0 Å². The van der Waals surface area contributed by atoms with Crippen LogP contribution in [0, 0.1) is 6.92 Å². The molecule has 128 valence electrons. The highest BCUT2D eigenvalue weighted by Gasteiger charge is 2.17. The molecule has 25 heavy (non-hydrogen) atoms. The van der Waals surface area contributed by atoms with Crippen LogP contribution in [0.15, 0.2) is 48.5 Å². The fourth-order valence-corrected chi connectivity index (χ4v) is 2.68. The molecule has 0 atom stereocenters. The molecule has 3 rings (SSSR count). The first-order valence-corrected chi connectivity index (χ1v) is 8.06. The van der Waals surface area contributed by atoms with Crippen molar-refractivity contribution >= 4 is 17.5 Å². The van der Waals surface area contributed by atoms with Crippen LogP contribution in [-0.2, 0) is 6.54 Å². The summed E-state index contributed by atoms with van der Waals surface area (Å²) in [4.78, 5) is 12.5. The minimum Gasteiger partial charge on any atom is -0.496 e. The quantitative estimate of drug-likeness (QED) is 0.762. The van der Waals surface area contributed by atoms with Crippen LogP contribution in [0.4, 0.5) is 0 Å². The third-order valence-corrected chi connectivity index (χ3v) is 4.03. The molecule has 0 spiro atoms. The van der Waals surface area contributed by atoms with E-state index < -0.39 is 0 Å². The molecule has 0 saturated carbocycles. The second kappa shape index (κ2) is 7.36. The molecule has 0 unspecified atom stereocenters. The number of amides is 1. The summed E-state index contributed by atoms with van der Waals surface area (Å²) in [5.74, 6) is 0.429. The third kappa shape index (κ3) is 3.64. The number of rotatable bonds is 5. The number of hydrogen-bond acceptors (Lipinski definition) is 4. The Labute approximate surface area is 150 Å². The van der Waals surface area contributed by atoms with E-state index in [1.807, 2.05) is 36.4 Å². The summed E-state index contributed by atoms with van der Waals surface area (Å²) in [6.07, 6.45) is 0. The number of carbonyl (C=O) groups is 1. The molecule has 3 aromatic rings. The molecule has 6 nitrogen and oxygen atoms in total. The Kier molecular flexibility index (Phi) is 5.00. The van der Waals surface area contributed by atoms with Crippen molar-refractivity contribution in [2.45, 2.75) is 13.5 Å². The number of carbonyl (C=O) groups excluding carboxylic acids is 1. The number of nitrogens with zero attached hydrogens (tertiary/aromatic N) is 3. The zero-order chi connectivity index (χ0) is 17.8. The Hall–Kier alpha value is -2.86. The Morgan fingerprint density at radius 3 is 2.80 bits per heavy atom. The van der Waals surface area contributed by atoms with Gasteiger partial charge < -0.3 is 10.1 Å². The van der Waals surface area contributed by atoms with Gasteiger partial charge in [0.25, 0.3) is 5.91 Å². The maximum Gasteiger partial charge on any atom is 0.274 e. The van der Waals surface area contributed by atoms with Gasteiger partial charge in [0, 0.05) is 17.1 Å². The van der Waals surface area contributed by atoms with Gasteiger partial charge in [0.15, 0.2) is 5.69 Å². The summed E-state index contributed by atoms with van der Waals surface area (Å²) < 4.78 is 6.87. The largest absolute Gasteiger partial charge is 0.496 e. The van der Waals surface area contributed by atoms with E-state index in [1.165, 1.54) is 0 Å². The zero-order valence-electron chi connectivity index (χ0n) is 13.9. The van der Waals surface area contributed by atoms with Crippen molar-refractivity contribution in [3.8, 4) is 11.4 Å². The van der Waals surface area contributed by atoms with Crippen molar-refractivity contribution in [1.82, 2.24) is 20.3 Å². The van der Waals surface area contributed by atoms with E-state index in [0.29, 0.717) is 17.3 Å². The van der Waals surface area contributed by atoms with Gasteiger partial charge in [-0.05, 0) is 31.2 Å². The van der Waals surface area contributed by atoms with E-state index in [9.17, 15) is 4.79 Å². The van der Waals surface area contributed by atoms with Gasteiger partial charge in [0.1, 0.15) is 5.75 Å². The van der Waals surface area contributed by atoms with Gasteiger partial charge in [-0.25, -0.2) is 4.68 Å². The number of benzene rings is 2. The number of ether oxygens (including phenoxy) is 1. The molecular weight excluding hydrogens is 340 g/mol. The van der Waals surface area contributed by atoms with Crippen molar-refractivity contribution < 1.29 is 9.53 Å². The lowest BCUT2D eigenvalue weighted by molar-refractivity contribution is 0.0945. The van der Waals surface area contributed by atoms with E-state index in [1.54, 1.807) is 30.8 Å². The van der Waals surface area contributed by atoms with Gasteiger partial charge in [-0.15, -0.1) is 5.10 Å². The maximum atomic E-state index is 12.5. The first-order valence-electron chi connectivity index (χ1n) is 7.68. The second-order valence-corrected chi connectivity index (χ2v) is 5.85. The lowest BCUT2D eigenvalue weighted by atomic mass is 10.2. The molecule has 2 aromatic carbocycles. The first-order chi connectivity index (χ1) is 12.1. The Morgan fingerprint density at radius 2 is 2.04 bits per heavy atom. The lowest BCUT2D eigenvalue weighted by Gasteiger charge is -2.09. The molecule has 0 aliphatic rings. The average molecular weight is 357 g/mol. The summed E-state index contributed by atoms with van der Waals surface area (Å²) in [5, 5.41) is 11.5. The van der Waals surface area contributed by atoms with Gasteiger partial charge in [-0.3, -0.25) is 4.79 Å². The van der Waals surface area contributed by atoms with Gasteiger partial charge in [-0.1, -0.05) is 41.1 Å². The van der Waals surface area contributed by atoms with Crippen LogP contribution in [0.5, 0.6) is 5.75 Å². The fraction of sp³-hybridized carbons (Fsp3) is 0.167. The SMILES string of the molecule is COc1ccccc1CNC(=O)c1nnn(-c2cccc(Cl)c2)c1C. The second-order valence-electron chi connectivity index (χ2n) is 5.41. The van der Waals surface area contributed by atoms with Crippen molar-refractivity contribution in [2.75, 3.05) is 7.11 Å². The van der Waals surface area contributed by atoms with Crippen molar-refractivity contribution in [3.63, 3.8) is 0 Å². The van der Waals surface area contributed by atoms with Crippen LogP contribution in [0.1, 0.15) is 21.7 Å². The number of aromatic nitrogens is 3. The van der Waals surface area contributed by atoms with Crippen LogP contribution in [0.3, 0.4) is 0 Å². The molecule has 1 aromatic heterocycles. The number of nitrogens with one attached hydrogen (secondary N) is 1. The minimum absolute atomic E-state index is 0.273. The van der Waals surface area contributed by atoms with Crippen LogP contribution < -0.4 is 10.1 Å². The lowest BCUT2D eigenvalue weighted by Crippen LogP contribution is -2.24. The Morgan fingerprint density at radius 1 is 1.24 bits per heavy atom. The molecule has 7 heteroatoms. The highest BCUT2D eigenvalue weighted by molar-refractivity contribution is 6.30. The van der Waals surface area contributed by atoms with Gasteiger partial charge in [0.2, 0.25) is 0 Å². The average Bonchev–Trinajstić information content (AvgIpc) is 3.01.